The van der Waals surface area contributed by atoms with E-state index in [0.29, 0.717) is 17.4 Å². The smallest absolute Gasteiger partial charge is 0.223 e. The number of nitrogens with one attached hydrogen (secondary N) is 1. The number of aromatic nitrogens is 2. The Labute approximate surface area is 126 Å². The lowest BCUT2D eigenvalue weighted by molar-refractivity contribution is 0.412. The normalized spacial score (nSPS) is 10.3. The number of benzene rings is 1. The highest BCUT2D eigenvalue weighted by molar-refractivity contribution is 9.11. The summed E-state index contributed by atoms with van der Waals surface area (Å²) in [6.45, 7) is 0. The second-order valence-corrected chi connectivity index (χ2v) is 5.34. The second-order valence-electron chi connectivity index (χ2n) is 3.63. The number of nitrogens with two attached hydrogens (primary N) is 2. The highest BCUT2D eigenvalue weighted by Crippen LogP contribution is 2.35. The molecule has 2 rings (SSSR count). The van der Waals surface area contributed by atoms with Crippen molar-refractivity contribution in [2.45, 2.75) is 0 Å². The maximum atomic E-state index is 5.62. The molecule has 0 unspecified atom stereocenters. The number of halogens is 2. The summed E-state index contributed by atoms with van der Waals surface area (Å²) in [5, 5.41) is 3.10. The second kappa shape index (κ2) is 5.62. The van der Waals surface area contributed by atoms with Gasteiger partial charge in [-0.3, -0.25) is 0 Å². The predicted octanol–water partition coefficient (Wildman–Crippen LogP) is 2.92. The van der Waals surface area contributed by atoms with Gasteiger partial charge in [0, 0.05) is 16.6 Å². The Balaban J connectivity index is 2.37. The van der Waals surface area contributed by atoms with Crippen molar-refractivity contribution < 1.29 is 4.74 Å². The first kappa shape index (κ1) is 13.9. The van der Waals surface area contributed by atoms with Gasteiger partial charge in [0.2, 0.25) is 5.95 Å². The van der Waals surface area contributed by atoms with E-state index in [1.165, 1.54) is 0 Å². The van der Waals surface area contributed by atoms with Crippen LogP contribution in [-0.2, 0) is 0 Å². The van der Waals surface area contributed by atoms with Crippen LogP contribution in [0.2, 0.25) is 0 Å². The largest absolute Gasteiger partial charge is 0.495 e. The molecule has 0 aliphatic carbocycles. The molecule has 0 amide bonds. The van der Waals surface area contributed by atoms with Crippen molar-refractivity contribution >= 4 is 55.1 Å². The highest BCUT2D eigenvalue weighted by atomic mass is 79.9. The Morgan fingerprint density at radius 3 is 2.47 bits per heavy atom. The van der Waals surface area contributed by atoms with Gasteiger partial charge in [0.15, 0.2) is 0 Å². The maximum absolute atomic E-state index is 5.62. The molecule has 2 aromatic rings. The SMILES string of the molecule is COc1cc(Nc2cc(N)nc(N)n2)c(Br)cc1Br. The van der Waals surface area contributed by atoms with Gasteiger partial charge in [-0.05, 0) is 37.9 Å². The van der Waals surface area contributed by atoms with Gasteiger partial charge in [-0.2, -0.15) is 9.97 Å². The molecular weight excluding hydrogens is 378 g/mol. The van der Waals surface area contributed by atoms with Gasteiger partial charge in [-0.15, -0.1) is 0 Å². The third kappa shape index (κ3) is 3.27. The monoisotopic (exact) mass is 387 g/mol. The topological polar surface area (TPSA) is 99.1 Å². The zero-order valence-electron chi connectivity index (χ0n) is 9.95. The van der Waals surface area contributed by atoms with E-state index in [-0.39, 0.29) is 5.95 Å². The molecule has 0 aliphatic heterocycles. The lowest BCUT2D eigenvalue weighted by Crippen LogP contribution is -2.03. The first-order chi connectivity index (χ1) is 8.99. The number of nitrogens with zero attached hydrogens (tertiary/aromatic N) is 2. The molecule has 8 heteroatoms. The fourth-order valence-electron chi connectivity index (χ4n) is 1.47. The molecular formula is C11H11Br2N5O. The molecule has 5 N–H and O–H groups in total. The van der Waals surface area contributed by atoms with Gasteiger partial charge < -0.3 is 21.5 Å². The Morgan fingerprint density at radius 1 is 1.11 bits per heavy atom. The van der Waals surface area contributed by atoms with Crippen molar-refractivity contribution in [2.75, 3.05) is 23.9 Å². The predicted molar refractivity (Wildman–Crippen MR) is 82.5 cm³/mol. The highest BCUT2D eigenvalue weighted by Gasteiger charge is 2.09. The standard InChI is InChI=1S/C11H11Br2N5O/c1-19-8-3-7(5(12)2-6(8)13)16-10-4-9(14)17-11(15)18-10/h2-4H,1H3,(H5,14,15,16,17,18). The molecule has 0 fully saturated rings. The van der Waals surface area contributed by atoms with Gasteiger partial charge in [0.25, 0.3) is 0 Å². The maximum Gasteiger partial charge on any atom is 0.223 e. The molecule has 0 radical (unpaired) electrons. The number of rotatable bonds is 3. The number of anilines is 4. The summed E-state index contributed by atoms with van der Waals surface area (Å²) in [6.07, 6.45) is 0. The minimum atomic E-state index is 0.114. The summed E-state index contributed by atoms with van der Waals surface area (Å²) < 4.78 is 6.92. The van der Waals surface area contributed by atoms with Crippen LogP contribution in [0.3, 0.4) is 0 Å². The van der Waals surface area contributed by atoms with Crippen LogP contribution >= 0.6 is 31.9 Å². The molecule has 1 heterocycles. The minimum absolute atomic E-state index is 0.114. The van der Waals surface area contributed by atoms with E-state index in [1.54, 1.807) is 13.2 Å². The van der Waals surface area contributed by atoms with Gasteiger partial charge >= 0.3 is 0 Å². The summed E-state index contributed by atoms with van der Waals surface area (Å²) in [5.74, 6) is 1.62. The lowest BCUT2D eigenvalue weighted by atomic mass is 10.3. The molecule has 0 spiro atoms. The zero-order chi connectivity index (χ0) is 14.0. The van der Waals surface area contributed by atoms with Crippen molar-refractivity contribution in [1.82, 2.24) is 9.97 Å². The fraction of sp³-hybridized carbons (Fsp3) is 0.0909. The summed E-state index contributed by atoms with van der Waals surface area (Å²) in [5.41, 5.74) is 11.9. The van der Waals surface area contributed by atoms with E-state index in [2.05, 4.69) is 47.1 Å². The molecule has 19 heavy (non-hydrogen) atoms. The Morgan fingerprint density at radius 2 is 1.84 bits per heavy atom. The molecule has 6 nitrogen and oxygen atoms in total. The van der Waals surface area contributed by atoms with E-state index in [4.69, 9.17) is 16.2 Å². The average molecular weight is 389 g/mol. The Bertz CT molecular complexity index is 600. The van der Waals surface area contributed by atoms with Gasteiger partial charge in [0.1, 0.15) is 17.4 Å². The van der Waals surface area contributed by atoms with E-state index >= 15 is 0 Å². The average Bonchev–Trinajstić information content (AvgIpc) is 2.31. The van der Waals surface area contributed by atoms with Crippen LogP contribution < -0.4 is 21.5 Å². The van der Waals surface area contributed by atoms with E-state index in [0.717, 1.165) is 14.6 Å². The molecule has 1 aromatic heterocycles. The first-order valence-corrected chi connectivity index (χ1v) is 6.78. The van der Waals surface area contributed by atoms with E-state index < -0.39 is 0 Å². The molecule has 1 aromatic carbocycles. The molecule has 0 saturated heterocycles. The molecule has 0 saturated carbocycles. The van der Waals surface area contributed by atoms with Crippen molar-refractivity contribution in [3.63, 3.8) is 0 Å². The van der Waals surface area contributed by atoms with E-state index in [9.17, 15) is 0 Å². The van der Waals surface area contributed by atoms with Crippen LogP contribution in [0.5, 0.6) is 5.75 Å². The van der Waals surface area contributed by atoms with Crippen LogP contribution in [0.15, 0.2) is 27.1 Å². The van der Waals surface area contributed by atoms with Crippen molar-refractivity contribution in [1.29, 1.82) is 0 Å². The van der Waals surface area contributed by atoms with Crippen LogP contribution in [-0.4, -0.2) is 17.1 Å². The summed E-state index contributed by atoms with van der Waals surface area (Å²) in [7, 11) is 1.60. The minimum Gasteiger partial charge on any atom is -0.495 e. The number of hydrogen-bond acceptors (Lipinski definition) is 6. The molecule has 0 bridgehead atoms. The van der Waals surface area contributed by atoms with Crippen LogP contribution in [0.4, 0.5) is 23.3 Å². The lowest BCUT2D eigenvalue weighted by Gasteiger charge is -2.11. The summed E-state index contributed by atoms with van der Waals surface area (Å²) in [6, 6.07) is 5.29. The summed E-state index contributed by atoms with van der Waals surface area (Å²) in [4.78, 5) is 7.86. The molecule has 0 atom stereocenters. The van der Waals surface area contributed by atoms with Crippen LogP contribution in [0.25, 0.3) is 0 Å². The van der Waals surface area contributed by atoms with Gasteiger partial charge in [-0.1, -0.05) is 0 Å². The third-order valence-corrected chi connectivity index (χ3v) is 3.54. The van der Waals surface area contributed by atoms with Crippen LogP contribution in [0, 0.1) is 0 Å². The Hall–Kier alpha value is -1.54. The van der Waals surface area contributed by atoms with Gasteiger partial charge in [-0.25, -0.2) is 0 Å². The van der Waals surface area contributed by atoms with Crippen molar-refractivity contribution in [3.05, 3.63) is 27.1 Å². The summed E-state index contributed by atoms with van der Waals surface area (Å²) >= 11 is 6.85. The van der Waals surface area contributed by atoms with Crippen molar-refractivity contribution in [3.8, 4) is 5.75 Å². The Kier molecular flexibility index (Phi) is 4.11. The van der Waals surface area contributed by atoms with Crippen molar-refractivity contribution in [2.24, 2.45) is 0 Å². The quantitative estimate of drug-likeness (QED) is 0.747. The number of methoxy groups -OCH3 is 1. The number of hydrogen-bond donors (Lipinski definition) is 3. The fourth-order valence-corrected chi connectivity index (χ4v) is 2.72. The first-order valence-electron chi connectivity index (χ1n) is 5.19. The molecule has 100 valence electrons. The molecule has 0 aliphatic rings. The number of nitrogen functional groups attached to an aromatic ring is 2. The van der Waals surface area contributed by atoms with Crippen LogP contribution in [0.1, 0.15) is 0 Å². The van der Waals surface area contributed by atoms with Gasteiger partial charge in [0.05, 0.1) is 17.3 Å². The zero-order valence-corrected chi connectivity index (χ0v) is 13.1. The van der Waals surface area contributed by atoms with E-state index in [1.807, 2.05) is 12.1 Å². The number of ether oxygens (including phenoxy) is 1. The third-order valence-electron chi connectivity index (χ3n) is 2.27.